The predicted molar refractivity (Wildman–Crippen MR) is 91.2 cm³/mol. The maximum absolute atomic E-state index is 12.5. The van der Waals surface area contributed by atoms with Gasteiger partial charge < -0.3 is 19.7 Å². The highest BCUT2D eigenvalue weighted by molar-refractivity contribution is 6.12. The number of benzene rings is 2. The van der Waals surface area contributed by atoms with Crippen molar-refractivity contribution in [3.05, 3.63) is 47.5 Å². The second kappa shape index (κ2) is 8.24. The van der Waals surface area contributed by atoms with E-state index in [-0.39, 0.29) is 22.6 Å². The zero-order valence-corrected chi connectivity index (χ0v) is 13.9. The molecule has 0 saturated carbocycles. The molecule has 0 aliphatic heterocycles. The van der Waals surface area contributed by atoms with Crippen LogP contribution in [0.15, 0.2) is 36.4 Å². The fourth-order valence-corrected chi connectivity index (χ4v) is 2.17. The fourth-order valence-electron chi connectivity index (χ4n) is 2.17. The van der Waals surface area contributed by atoms with E-state index in [1.165, 1.54) is 24.3 Å². The summed E-state index contributed by atoms with van der Waals surface area (Å²) in [6, 6.07) is 9.03. The normalized spacial score (nSPS) is 10.4. The Labute approximate surface area is 141 Å². The molecule has 0 amide bonds. The average Bonchev–Trinajstić information content (AvgIpc) is 2.57. The van der Waals surface area contributed by atoms with Crippen LogP contribution in [-0.2, 0) is 0 Å². The van der Waals surface area contributed by atoms with Gasteiger partial charge in [-0.1, -0.05) is 13.8 Å². The Balaban J connectivity index is 2.22. The molecule has 24 heavy (non-hydrogen) atoms. The first kappa shape index (κ1) is 17.7. The zero-order valence-electron chi connectivity index (χ0n) is 13.9. The van der Waals surface area contributed by atoms with Gasteiger partial charge in [0.05, 0.1) is 24.3 Å². The van der Waals surface area contributed by atoms with E-state index in [2.05, 4.69) is 0 Å². The van der Waals surface area contributed by atoms with Crippen LogP contribution >= 0.6 is 0 Å². The topological polar surface area (TPSA) is 76.0 Å². The van der Waals surface area contributed by atoms with Crippen molar-refractivity contribution in [3.8, 4) is 23.0 Å². The minimum Gasteiger partial charge on any atom is -0.507 e. The summed E-state index contributed by atoms with van der Waals surface area (Å²) in [6.45, 7) is 5.03. The van der Waals surface area contributed by atoms with Gasteiger partial charge in [-0.2, -0.15) is 0 Å². The van der Waals surface area contributed by atoms with E-state index in [0.29, 0.717) is 24.7 Å². The number of phenolic OH excluding ortho intramolecular Hbond substituents is 2. The number of ketones is 1. The van der Waals surface area contributed by atoms with Crippen molar-refractivity contribution in [2.75, 3.05) is 13.2 Å². The van der Waals surface area contributed by atoms with Crippen molar-refractivity contribution in [2.45, 2.75) is 26.7 Å². The quantitative estimate of drug-likeness (QED) is 0.718. The first-order valence-corrected chi connectivity index (χ1v) is 8.03. The summed E-state index contributed by atoms with van der Waals surface area (Å²) in [5, 5.41) is 20.2. The number of rotatable bonds is 8. The smallest absolute Gasteiger partial charge is 0.200 e. The third-order valence-electron chi connectivity index (χ3n) is 3.37. The Morgan fingerprint density at radius 3 is 1.58 bits per heavy atom. The van der Waals surface area contributed by atoms with Gasteiger partial charge in [-0.15, -0.1) is 0 Å². The zero-order chi connectivity index (χ0) is 17.5. The molecule has 0 aromatic heterocycles. The van der Waals surface area contributed by atoms with Gasteiger partial charge in [-0.05, 0) is 37.1 Å². The third kappa shape index (κ3) is 4.19. The molecule has 0 bridgehead atoms. The Morgan fingerprint density at radius 1 is 0.833 bits per heavy atom. The summed E-state index contributed by atoms with van der Waals surface area (Å²) in [4.78, 5) is 12.5. The molecule has 0 spiro atoms. The van der Waals surface area contributed by atoms with E-state index in [0.717, 1.165) is 12.8 Å². The second-order valence-corrected chi connectivity index (χ2v) is 5.38. The van der Waals surface area contributed by atoms with Crippen molar-refractivity contribution < 1.29 is 24.5 Å². The molecule has 0 fully saturated rings. The van der Waals surface area contributed by atoms with Crippen LogP contribution in [0.1, 0.15) is 42.6 Å². The summed E-state index contributed by atoms with van der Waals surface area (Å²) in [5.41, 5.74) is 0.216. The molecule has 2 N–H and O–H groups in total. The summed E-state index contributed by atoms with van der Waals surface area (Å²) in [7, 11) is 0. The number of ether oxygens (including phenoxy) is 2. The molecule has 0 atom stereocenters. The number of carbonyl (C=O) groups excluding carboxylic acids is 1. The minimum absolute atomic E-state index is 0.108. The molecule has 2 aromatic carbocycles. The lowest BCUT2D eigenvalue weighted by atomic mass is 10.0. The van der Waals surface area contributed by atoms with E-state index in [4.69, 9.17) is 9.47 Å². The van der Waals surface area contributed by atoms with Gasteiger partial charge in [0.1, 0.15) is 23.0 Å². The van der Waals surface area contributed by atoms with Crippen LogP contribution in [0.4, 0.5) is 0 Å². The summed E-state index contributed by atoms with van der Waals surface area (Å²) < 4.78 is 10.8. The van der Waals surface area contributed by atoms with E-state index >= 15 is 0 Å². The van der Waals surface area contributed by atoms with Gasteiger partial charge >= 0.3 is 0 Å². The summed E-state index contributed by atoms with van der Waals surface area (Å²) in [5.74, 6) is 0.171. The number of hydrogen-bond acceptors (Lipinski definition) is 5. The maximum atomic E-state index is 12.5. The molecule has 2 aromatic rings. The van der Waals surface area contributed by atoms with E-state index in [1.807, 2.05) is 13.8 Å². The highest BCUT2D eigenvalue weighted by Crippen LogP contribution is 2.30. The van der Waals surface area contributed by atoms with Gasteiger partial charge in [-0.3, -0.25) is 4.79 Å². The van der Waals surface area contributed by atoms with Crippen LogP contribution in [0, 0.1) is 0 Å². The van der Waals surface area contributed by atoms with Gasteiger partial charge in [0.2, 0.25) is 0 Å². The Hall–Kier alpha value is -2.69. The molecule has 0 unspecified atom stereocenters. The van der Waals surface area contributed by atoms with Crippen LogP contribution in [0.5, 0.6) is 23.0 Å². The van der Waals surface area contributed by atoms with E-state index in [9.17, 15) is 15.0 Å². The molecular formula is C19H22O5. The molecule has 128 valence electrons. The second-order valence-electron chi connectivity index (χ2n) is 5.38. The van der Waals surface area contributed by atoms with Crippen molar-refractivity contribution >= 4 is 5.78 Å². The van der Waals surface area contributed by atoms with Crippen LogP contribution in [0.2, 0.25) is 0 Å². The number of hydrogen-bond donors (Lipinski definition) is 2. The van der Waals surface area contributed by atoms with Crippen molar-refractivity contribution in [2.24, 2.45) is 0 Å². The van der Waals surface area contributed by atoms with Gasteiger partial charge in [0, 0.05) is 12.1 Å². The van der Waals surface area contributed by atoms with Crippen LogP contribution < -0.4 is 9.47 Å². The van der Waals surface area contributed by atoms with Gasteiger partial charge in [-0.25, -0.2) is 0 Å². The van der Waals surface area contributed by atoms with Crippen molar-refractivity contribution in [1.29, 1.82) is 0 Å². The Bertz CT molecular complexity index is 649. The number of aromatic hydroxyl groups is 2. The lowest BCUT2D eigenvalue weighted by molar-refractivity contribution is 0.103. The first-order chi connectivity index (χ1) is 11.6. The van der Waals surface area contributed by atoms with Crippen LogP contribution in [0.3, 0.4) is 0 Å². The fraction of sp³-hybridized carbons (Fsp3) is 0.316. The maximum Gasteiger partial charge on any atom is 0.200 e. The highest BCUT2D eigenvalue weighted by Gasteiger charge is 2.18. The summed E-state index contributed by atoms with van der Waals surface area (Å²) >= 11 is 0. The Morgan fingerprint density at radius 2 is 1.25 bits per heavy atom. The van der Waals surface area contributed by atoms with Crippen LogP contribution in [-0.4, -0.2) is 29.2 Å². The van der Waals surface area contributed by atoms with Crippen molar-refractivity contribution in [1.82, 2.24) is 0 Å². The summed E-state index contributed by atoms with van der Waals surface area (Å²) in [6.07, 6.45) is 1.70. The minimum atomic E-state index is -0.464. The Kier molecular flexibility index (Phi) is 6.07. The monoisotopic (exact) mass is 330 g/mol. The molecule has 5 heteroatoms. The molecule has 5 nitrogen and oxygen atoms in total. The molecule has 2 rings (SSSR count). The standard InChI is InChI=1S/C19H22O5/c1-3-9-23-13-5-7-15(17(20)11-13)19(22)16-8-6-14(12-18(16)21)24-10-4-2/h5-8,11-12,20-21H,3-4,9-10H2,1-2H3. The lowest BCUT2D eigenvalue weighted by Gasteiger charge is -2.10. The first-order valence-electron chi connectivity index (χ1n) is 8.03. The molecule has 0 saturated heterocycles. The molecular weight excluding hydrogens is 308 g/mol. The van der Waals surface area contributed by atoms with Crippen LogP contribution in [0.25, 0.3) is 0 Å². The SMILES string of the molecule is CCCOc1ccc(C(=O)c2ccc(OCCC)cc2O)c(O)c1. The molecule has 0 heterocycles. The van der Waals surface area contributed by atoms with Gasteiger partial charge in [0.25, 0.3) is 0 Å². The average molecular weight is 330 g/mol. The number of carbonyl (C=O) groups is 1. The number of phenols is 2. The van der Waals surface area contributed by atoms with E-state index in [1.54, 1.807) is 12.1 Å². The third-order valence-corrected chi connectivity index (χ3v) is 3.37. The lowest BCUT2D eigenvalue weighted by Crippen LogP contribution is -2.04. The largest absolute Gasteiger partial charge is 0.507 e. The predicted octanol–water partition coefficient (Wildman–Crippen LogP) is 3.91. The molecule has 0 aliphatic carbocycles. The van der Waals surface area contributed by atoms with Gasteiger partial charge in [0.15, 0.2) is 5.78 Å². The van der Waals surface area contributed by atoms with Crippen molar-refractivity contribution in [3.63, 3.8) is 0 Å². The highest BCUT2D eigenvalue weighted by atomic mass is 16.5. The molecule has 0 aliphatic rings. The molecule has 0 radical (unpaired) electrons. The van der Waals surface area contributed by atoms with E-state index < -0.39 is 5.78 Å².